The molecule has 0 aliphatic heterocycles. The SMILES string of the molecule is [K][c]1nc[nH]n1. The molecule has 0 saturated heterocycles. The zero-order chi connectivity index (χ0) is 4.41. The monoisotopic (exact) mass is 107 g/mol. The van der Waals surface area contributed by atoms with Gasteiger partial charge in [-0.25, -0.2) is 0 Å². The molecule has 0 saturated carbocycles. The van der Waals surface area contributed by atoms with Crippen LogP contribution in [0.4, 0.5) is 0 Å². The van der Waals surface area contributed by atoms with Crippen molar-refractivity contribution in [2.45, 2.75) is 0 Å². The molecule has 0 unspecified atom stereocenters. The van der Waals surface area contributed by atoms with E-state index in [1.807, 2.05) is 0 Å². The summed E-state index contributed by atoms with van der Waals surface area (Å²) in [5, 5.41) is 6.38. The quantitative estimate of drug-likeness (QED) is 0.414. The first kappa shape index (κ1) is 4.92. The Morgan fingerprint density at radius 3 is 2.83 bits per heavy atom. The number of H-pyrrole nitrogens is 1. The summed E-state index contributed by atoms with van der Waals surface area (Å²) in [4.78, 5) is 3.83. The van der Waals surface area contributed by atoms with Crippen molar-refractivity contribution >= 4 is 48.9 Å². The molecule has 0 atom stereocenters. The Labute approximate surface area is 69.1 Å². The zero-order valence-corrected chi connectivity index (χ0v) is 6.59. The summed E-state index contributed by atoms with van der Waals surface area (Å²) in [5.74, 6) is 0. The molecule has 0 radical (unpaired) electrons. The molecule has 0 amide bonds. The fourth-order valence-corrected chi connectivity index (χ4v) is 0.677. The molecule has 0 aliphatic rings. The molecule has 1 rings (SSSR count). The van der Waals surface area contributed by atoms with Crippen LogP contribution in [-0.4, -0.2) is 64.1 Å². The number of hydrogen-bond acceptors (Lipinski definition) is 2. The van der Waals surface area contributed by atoms with E-state index in [-0.39, 0.29) is 0 Å². The van der Waals surface area contributed by atoms with E-state index in [0.29, 0.717) is 49.0 Å². The van der Waals surface area contributed by atoms with E-state index in [2.05, 4.69) is 15.2 Å². The van der Waals surface area contributed by atoms with Gasteiger partial charge in [0.25, 0.3) is 0 Å². The van der Waals surface area contributed by atoms with E-state index >= 15 is 0 Å². The fraction of sp³-hybridized carbons (Fsp3) is 0. The van der Waals surface area contributed by atoms with Gasteiger partial charge in [-0.15, -0.1) is 0 Å². The van der Waals surface area contributed by atoms with Crippen molar-refractivity contribution in [1.29, 1.82) is 0 Å². The van der Waals surface area contributed by atoms with Crippen LogP contribution >= 0.6 is 0 Å². The third-order valence-electron chi connectivity index (χ3n) is 0.535. The van der Waals surface area contributed by atoms with Crippen LogP contribution in [0.25, 0.3) is 0 Å². The van der Waals surface area contributed by atoms with Crippen LogP contribution in [0, 0.1) is 0 Å². The van der Waals surface area contributed by atoms with Crippen LogP contribution in [0.15, 0.2) is 6.33 Å². The number of hydrogen-bond donors (Lipinski definition) is 1. The third kappa shape index (κ3) is 1.13. The predicted octanol–water partition coefficient (Wildman–Crippen LogP) is -1.40. The minimum atomic E-state index is 0.632. The van der Waals surface area contributed by atoms with Gasteiger partial charge in [0, 0.05) is 0 Å². The molecule has 0 aliphatic carbocycles. The molecule has 0 aromatic carbocycles. The van der Waals surface area contributed by atoms with Gasteiger partial charge < -0.3 is 0 Å². The normalized spacial score (nSPS) is 9.00. The van der Waals surface area contributed by atoms with E-state index in [0.717, 1.165) is -0.0810 Å². The summed E-state index contributed by atoms with van der Waals surface area (Å²) >= 11 is 0.632. The molecular formula is C2H2KN3. The van der Waals surface area contributed by atoms with Gasteiger partial charge in [0.05, 0.1) is 0 Å². The van der Waals surface area contributed by atoms with Gasteiger partial charge in [0.15, 0.2) is 0 Å². The van der Waals surface area contributed by atoms with Gasteiger partial charge in [0.2, 0.25) is 0 Å². The maximum absolute atomic E-state index is 3.83. The van der Waals surface area contributed by atoms with Crippen LogP contribution in [0.3, 0.4) is 0 Å². The number of rotatable bonds is 0. The van der Waals surface area contributed by atoms with Crippen LogP contribution in [-0.2, 0) is 0 Å². The van der Waals surface area contributed by atoms with Gasteiger partial charge in [-0.3, -0.25) is 0 Å². The maximum atomic E-state index is 3.83. The number of nitrogens with zero attached hydrogens (tertiary/aromatic N) is 2. The van der Waals surface area contributed by atoms with Gasteiger partial charge in [-0.2, -0.15) is 0 Å². The van der Waals surface area contributed by atoms with E-state index < -0.39 is 0 Å². The predicted molar refractivity (Wildman–Crippen MR) is 21.8 cm³/mol. The van der Waals surface area contributed by atoms with Gasteiger partial charge in [-0.05, 0) is 0 Å². The first-order valence-electron chi connectivity index (χ1n) is 1.72. The summed E-state index contributed by atoms with van der Waals surface area (Å²) in [5.41, 5.74) is 0. The topological polar surface area (TPSA) is 41.6 Å². The Morgan fingerprint density at radius 2 is 2.67 bits per heavy atom. The number of aromatic nitrogens is 3. The van der Waals surface area contributed by atoms with Gasteiger partial charge in [0.1, 0.15) is 0 Å². The minimum absolute atomic E-state index is 0.632. The molecule has 1 heterocycles. The van der Waals surface area contributed by atoms with Crippen LogP contribution in [0.5, 0.6) is 0 Å². The Kier molecular flexibility index (Phi) is 1.79. The first-order valence-corrected chi connectivity index (χ1v) is 3.28. The van der Waals surface area contributed by atoms with Crippen LogP contribution < -0.4 is -0.0810 Å². The van der Waals surface area contributed by atoms with Crippen molar-refractivity contribution < 1.29 is 0 Å². The average molecular weight is 107 g/mol. The third-order valence-corrected chi connectivity index (χ3v) is 1.29. The summed E-state index contributed by atoms with van der Waals surface area (Å²) < 4.78 is 0.975. The van der Waals surface area contributed by atoms with Crippen molar-refractivity contribution in [2.24, 2.45) is 0 Å². The molecule has 6 heavy (non-hydrogen) atoms. The number of nitrogens with one attached hydrogen (secondary N) is 1. The Bertz CT molecular complexity index is 112. The van der Waals surface area contributed by atoms with Crippen LogP contribution in [0.2, 0.25) is 0 Å². The van der Waals surface area contributed by atoms with Crippen molar-refractivity contribution in [1.82, 2.24) is 15.2 Å². The Balaban J connectivity index is 3.05. The molecule has 0 fully saturated rings. The van der Waals surface area contributed by atoms with Crippen molar-refractivity contribution in [3.8, 4) is 0 Å². The molecule has 1 N–H and O–H groups in total. The summed E-state index contributed by atoms with van der Waals surface area (Å²) in [7, 11) is 0. The summed E-state index contributed by atoms with van der Waals surface area (Å²) in [6.45, 7) is 0. The van der Waals surface area contributed by atoms with E-state index in [4.69, 9.17) is 0 Å². The zero-order valence-electron chi connectivity index (χ0n) is 3.47. The molecule has 26 valence electrons. The molecule has 1 aromatic rings. The average Bonchev–Trinajstić information content (AvgIpc) is 1.86. The molecule has 0 bridgehead atoms. The molecule has 4 heteroatoms. The standard InChI is InChI=1S/C2H2N3.K/c1-3-2-5-4-1;/h1H,(H,3,4,5);. The second kappa shape index (κ2) is 2.18. The molecule has 3 nitrogen and oxygen atoms in total. The van der Waals surface area contributed by atoms with E-state index in [9.17, 15) is 0 Å². The second-order valence-corrected chi connectivity index (χ2v) is 2.44. The van der Waals surface area contributed by atoms with Crippen molar-refractivity contribution in [2.75, 3.05) is 0 Å². The van der Waals surface area contributed by atoms with Crippen molar-refractivity contribution in [3.05, 3.63) is 6.33 Å². The van der Waals surface area contributed by atoms with Crippen molar-refractivity contribution in [3.63, 3.8) is 0 Å². The molecule has 1 aromatic heterocycles. The Hall–Kier alpha value is 0.776. The first-order chi connectivity index (χ1) is 2.89. The Morgan fingerprint density at radius 1 is 1.83 bits per heavy atom. The summed E-state index contributed by atoms with van der Waals surface area (Å²) in [6.07, 6.45) is 1.60. The molecular weight excluding hydrogens is 105 g/mol. The van der Waals surface area contributed by atoms with E-state index in [1.165, 1.54) is 0 Å². The fourth-order valence-electron chi connectivity index (χ4n) is 0.273. The van der Waals surface area contributed by atoms with Crippen LogP contribution in [0.1, 0.15) is 0 Å². The second-order valence-electron chi connectivity index (χ2n) is 1.05. The summed E-state index contributed by atoms with van der Waals surface area (Å²) in [6, 6.07) is 0. The van der Waals surface area contributed by atoms with Gasteiger partial charge in [-0.1, -0.05) is 0 Å². The molecule has 0 spiro atoms. The number of aromatic amines is 1. The van der Waals surface area contributed by atoms with E-state index in [1.54, 1.807) is 6.33 Å². The van der Waals surface area contributed by atoms with Gasteiger partial charge >= 0.3 is 70.4 Å².